The van der Waals surface area contributed by atoms with Crippen molar-refractivity contribution in [1.82, 2.24) is 14.8 Å². The molecule has 0 aromatic carbocycles. The summed E-state index contributed by atoms with van der Waals surface area (Å²) in [5, 5.41) is 6.78. The van der Waals surface area contributed by atoms with Crippen molar-refractivity contribution in [2.45, 2.75) is 32.9 Å². The van der Waals surface area contributed by atoms with Gasteiger partial charge in [0.2, 0.25) is 5.88 Å². The predicted molar refractivity (Wildman–Crippen MR) is 76.0 cm³/mol. The Hall–Kier alpha value is -2.51. The molecule has 0 unspecified atom stereocenters. The summed E-state index contributed by atoms with van der Waals surface area (Å²) in [5.41, 5.74) is -0.254. The van der Waals surface area contributed by atoms with E-state index in [-0.39, 0.29) is 17.1 Å². The highest BCUT2D eigenvalue weighted by Crippen LogP contribution is 2.16. The van der Waals surface area contributed by atoms with Crippen LogP contribution < -0.4 is 10.1 Å². The zero-order valence-corrected chi connectivity index (χ0v) is 12.4. The summed E-state index contributed by atoms with van der Waals surface area (Å²) in [4.78, 5) is 15.8. The van der Waals surface area contributed by atoms with E-state index in [0.29, 0.717) is 5.82 Å². The highest BCUT2D eigenvalue weighted by molar-refractivity contribution is 6.02. The number of anilines is 1. The number of carbonyl (C=O) groups excluding carboxylic acids is 1. The SMILES string of the molecule is CC(C)(C)n1ccc(NC(=O)c2cccc(OC(F)F)n2)n1. The molecule has 0 spiro atoms. The van der Waals surface area contributed by atoms with Gasteiger partial charge >= 0.3 is 6.61 Å². The minimum absolute atomic E-state index is 0.0385. The van der Waals surface area contributed by atoms with Crippen LogP contribution in [0.4, 0.5) is 14.6 Å². The fraction of sp³-hybridized carbons (Fsp3) is 0.357. The molecule has 2 aromatic rings. The standard InChI is InChI=1S/C14H16F2N4O2/c1-14(2,3)20-8-7-10(19-20)18-12(21)9-5-4-6-11(17-9)22-13(15)16/h4-8,13H,1-3H3,(H,18,19,21). The lowest BCUT2D eigenvalue weighted by Gasteiger charge is -2.18. The summed E-state index contributed by atoms with van der Waals surface area (Å²) < 4.78 is 30.1. The number of carbonyl (C=O) groups is 1. The van der Waals surface area contributed by atoms with Gasteiger partial charge in [-0.1, -0.05) is 6.07 Å². The molecule has 2 rings (SSSR count). The number of pyridine rings is 1. The van der Waals surface area contributed by atoms with Gasteiger partial charge in [0.15, 0.2) is 5.82 Å². The van der Waals surface area contributed by atoms with Crippen molar-refractivity contribution in [3.63, 3.8) is 0 Å². The molecule has 2 heterocycles. The molecule has 0 aliphatic carbocycles. The number of nitrogens with one attached hydrogen (secondary N) is 1. The number of hydrogen-bond acceptors (Lipinski definition) is 4. The third-order valence-electron chi connectivity index (χ3n) is 2.68. The molecule has 0 fully saturated rings. The summed E-state index contributed by atoms with van der Waals surface area (Å²) in [6.07, 6.45) is 1.74. The zero-order valence-electron chi connectivity index (χ0n) is 12.4. The van der Waals surface area contributed by atoms with E-state index in [0.717, 1.165) is 0 Å². The van der Waals surface area contributed by atoms with Crippen molar-refractivity contribution in [2.24, 2.45) is 0 Å². The molecule has 0 bridgehead atoms. The van der Waals surface area contributed by atoms with E-state index in [1.54, 1.807) is 16.9 Å². The van der Waals surface area contributed by atoms with Crippen LogP contribution >= 0.6 is 0 Å². The van der Waals surface area contributed by atoms with Gasteiger partial charge in [-0.2, -0.15) is 13.9 Å². The van der Waals surface area contributed by atoms with Crippen LogP contribution in [0.25, 0.3) is 0 Å². The van der Waals surface area contributed by atoms with E-state index in [1.165, 1.54) is 18.2 Å². The lowest BCUT2D eigenvalue weighted by Crippen LogP contribution is -2.22. The first-order chi connectivity index (χ1) is 10.3. The maximum atomic E-state index is 12.1. The predicted octanol–water partition coefficient (Wildman–Crippen LogP) is 2.89. The van der Waals surface area contributed by atoms with Gasteiger partial charge in [-0.25, -0.2) is 4.98 Å². The average Bonchev–Trinajstić information content (AvgIpc) is 2.86. The van der Waals surface area contributed by atoms with Crippen molar-refractivity contribution in [3.8, 4) is 5.88 Å². The number of aromatic nitrogens is 3. The Morgan fingerprint density at radius 2 is 2.05 bits per heavy atom. The van der Waals surface area contributed by atoms with Crippen LogP contribution in [0.3, 0.4) is 0 Å². The van der Waals surface area contributed by atoms with Crippen molar-refractivity contribution in [1.29, 1.82) is 0 Å². The Bertz CT molecular complexity index is 665. The van der Waals surface area contributed by atoms with Crippen LogP contribution in [-0.4, -0.2) is 27.3 Å². The highest BCUT2D eigenvalue weighted by Gasteiger charge is 2.16. The Kier molecular flexibility index (Phi) is 4.39. The van der Waals surface area contributed by atoms with Crippen molar-refractivity contribution in [3.05, 3.63) is 36.2 Å². The molecule has 6 nitrogen and oxygen atoms in total. The monoisotopic (exact) mass is 310 g/mol. The minimum Gasteiger partial charge on any atom is -0.417 e. The van der Waals surface area contributed by atoms with Crippen molar-refractivity contribution >= 4 is 11.7 Å². The van der Waals surface area contributed by atoms with E-state index in [9.17, 15) is 13.6 Å². The summed E-state index contributed by atoms with van der Waals surface area (Å²) in [6.45, 7) is 2.92. The van der Waals surface area contributed by atoms with Gasteiger partial charge in [-0.15, -0.1) is 0 Å². The summed E-state index contributed by atoms with van der Waals surface area (Å²) in [6, 6.07) is 5.70. The Labute approximate surface area is 126 Å². The van der Waals surface area contributed by atoms with Crippen LogP contribution in [0, 0.1) is 0 Å². The molecule has 2 aromatic heterocycles. The van der Waals surface area contributed by atoms with Gasteiger partial charge in [0.1, 0.15) is 5.69 Å². The van der Waals surface area contributed by atoms with Crippen LogP contribution in [0.5, 0.6) is 5.88 Å². The largest absolute Gasteiger partial charge is 0.417 e. The van der Waals surface area contributed by atoms with E-state index in [4.69, 9.17) is 0 Å². The van der Waals surface area contributed by atoms with Gasteiger partial charge in [-0.05, 0) is 26.8 Å². The summed E-state index contributed by atoms with van der Waals surface area (Å²) >= 11 is 0. The fourth-order valence-corrected chi connectivity index (χ4v) is 1.64. The smallest absolute Gasteiger partial charge is 0.388 e. The van der Waals surface area contributed by atoms with E-state index >= 15 is 0 Å². The molecule has 0 aliphatic heterocycles. The third kappa shape index (κ3) is 4.00. The lowest BCUT2D eigenvalue weighted by atomic mass is 10.1. The molecule has 8 heteroatoms. The summed E-state index contributed by atoms with van der Waals surface area (Å²) in [5.74, 6) is -0.524. The number of amides is 1. The average molecular weight is 310 g/mol. The third-order valence-corrected chi connectivity index (χ3v) is 2.68. The Balaban J connectivity index is 2.10. The number of hydrogen-bond donors (Lipinski definition) is 1. The van der Waals surface area contributed by atoms with Crippen LogP contribution in [0.1, 0.15) is 31.3 Å². The molecule has 0 aliphatic rings. The lowest BCUT2D eigenvalue weighted by molar-refractivity contribution is -0.0529. The molecule has 1 amide bonds. The first-order valence-corrected chi connectivity index (χ1v) is 6.55. The second-order valence-corrected chi connectivity index (χ2v) is 5.51. The van der Waals surface area contributed by atoms with E-state index < -0.39 is 12.5 Å². The Morgan fingerprint density at radius 3 is 2.64 bits per heavy atom. The molecule has 22 heavy (non-hydrogen) atoms. The number of halogens is 2. The van der Waals surface area contributed by atoms with Crippen LogP contribution in [0.15, 0.2) is 30.5 Å². The fourth-order valence-electron chi connectivity index (χ4n) is 1.64. The Morgan fingerprint density at radius 1 is 1.32 bits per heavy atom. The van der Waals surface area contributed by atoms with Gasteiger partial charge in [0.05, 0.1) is 5.54 Å². The number of rotatable bonds is 4. The van der Waals surface area contributed by atoms with E-state index in [2.05, 4.69) is 20.1 Å². The molecule has 1 N–H and O–H groups in total. The van der Waals surface area contributed by atoms with Gasteiger partial charge in [0.25, 0.3) is 5.91 Å². The topological polar surface area (TPSA) is 69.0 Å². The molecular weight excluding hydrogens is 294 g/mol. The maximum absolute atomic E-state index is 12.1. The number of ether oxygens (including phenoxy) is 1. The normalized spacial score (nSPS) is 11.5. The summed E-state index contributed by atoms with van der Waals surface area (Å²) in [7, 11) is 0. The van der Waals surface area contributed by atoms with Gasteiger partial charge < -0.3 is 10.1 Å². The highest BCUT2D eigenvalue weighted by atomic mass is 19.3. The van der Waals surface area contributed by atoms with Gasteiger partial charge in [-0.3, -0.25) is 9.48 Å². The van der Waals surface area contributed by atoms with Gasteiger partial charge in [0, 0.05) is 18.3 Å². The molecule has 118 valence electrons. The number of nitrogens with zero attached hydrogens (tertiary/aromatic N) is 3. The second-order valence-electron chi connectivity index (χ2n) is 5.51. The van der Waals surface area contributed by atoms with Crippen molar-refractivity contribution < 1.29 is 18.3 Å². The van der Waals surface area contributed by atoms with E-state index in [1.807, 2.05) is 20.8 Å². The quantitative estimate of drug-likeness (QED) is 0.942. The van der Waals surface area contributed by atoms with Crippen LogP contribution in [-0.2, 0) is 5.54 Å². The van der Waals surface area contributed by atoms with Crippen molar-refractivity contribution in [2.75, 3.05) is 5.32 Å². The first-order valence-electron chi connectivity index (χ1n) is 6.55. The minimum atomic E-state index is -2.99. The molecule has 0 atom stereocenters. The molecule has 0 saturated heterocycles. The van der Waals surface area contributed by atoms with Crippen LogP contribution in [0.2, 0.25) is 0 Å². The second kappa shape index (κ2) is 6.08. The number of alkyl halides is 2. The molecule has 0 radical (unpaired) electrons. The zero-order chi connectivity index (χ0) is 16.3. The molecular formula is C14H16F2N4O2. The maximum Gasteiger partial charge on any atom is 0.388 e. The molecule has 0 saturated carbocycles. The first kappa shape index (κ1) is 15.9.